The summed E-state index contributed by atoms with van der Waals surface area (Å²) >= 11 is 0. The number of hydrogen-bond donors (Lipinski definition) is 2. The van der Waals surface area contributed by atoms with E-state index in [0.29, 0.717) is 6.54 Å². The molecule has 1 aromatic rings. The fraction of sp³-hybridized carbons (Fsp3) is 0.692. The number of carbonyl (C=O) groups is 1. The van der Waals surface area contributed by atoms with Crippen LogP contribution in [0.15, 0.2) is 12.4 Å². The molecular formula is C13H24N4O. The SMILES string of the molecule is CCC(C)(C)NC(=O)CNCCc1nccn1C. The molecule has 5 heteroatoms. The first-order valence-corrected chi connectivity index (χ1v) is 6.42. The highest BCUT2D eigenvalue weighted by atomic mass is 16.2. The van der Waals surface area contributed by atoms with Gasteiger partial charge in [0.25, 0.3) is 0 Å². The van der Waals surface area contributed by atoms with E-state index < -0.39 is 0 Å². The van der Waals surface area contributed by atoms with Gasteiger partial charge in [0.05, 0.1) is 6.54 Å². The molecule has 0 radical (unpaired) electrons. The van der Waals surface area contributed by atoms with Crippen LogP contribution >= 0.6 is 0 Å². The van der Waals surface area contributed by atoms with Crippen molar-refractivity contribution in [2.45, 2.75) is 39.2 Å². The smallest absolute Gasteiger partial charge is 0.234 e. The van der Waals surface area contributed by atoms with E-state index >= 15 is 0 Å². The van der Waals surface area contributed by atoms with Crippen LogP contribution in [0.4, 0.5) is 0 Å². The zero-order valence-corrected chi connectivity index (χ0v) is 11.8. The maximum Gasteiger partial charge on any atom is 0.234 e. The Bertz CT molecular complexity index is 384. The molecule has 1 amide bonds. The van der Waals surface area contributed by atoms with Crippen molar-refractivity contribution in [3.63, 3.8) is 0 Å². The summed E-state index contributed by atoms with van der Waals surface area (Å²) in [5.74, 6) is 1.07. The Balaban J connectivity index is 2.18. The minimum absolute atomic E-state index is 0.0432. The number of nitrogens with one attached hydrogen (secondary N) is 2. The van der Waals surface area contributed by atoms with Gasteiger partial charge in [-0.1, -0.05) is 6.92 Å². The van der Waals surface area contributed by atoms with E-state index in [1.807, 2.05) is 31.7 Å². The molecule has 102 valence electrons. The van der Waals surface area contributed by atoms with Gasteiger partial charge in [0.1, 0.15) is 5.82 Å². The lowest BCUT2D eigenvalue weighted by atomic mass is 10.0. The quantitative estimate of drug-likeness (QED) is 0.708. The van der Waals surface area contributed by atoms with Crippen LogP contribution in [0.3, 0.4) is 0 Å². The second kappa shape index (κ2) is 6.54. The van der Waals surface area contributed by atoms with E-state index in [2.05, 4.69) is 22.5 Å². The van der Waals surface area contributed by atoms with E-state index in [-0.39, 0.29) is 11.4 Å². The lowest BCUT2D eigenvalue weighted by molar-refractivity contribution is -0.121. The van der Waals surface area contributed by atoms with Crippen LogP contribution < -0.4 is 10.6 Å². The predicted molar refractivity (Wildman–Crippen MR) is 72.3 cm³/mol. The van der Waals surface area contributed by atoms with Gasteiger partial charge in [-0.2, -0.15) is 0 Å². The Kier molecular flexibility index (Phi) is 5.34. The number of imidazole rings is 1. The number of hydrogen-bond acceptors (Lipinski definition) is 3. The Labute approximate surface area is 109 Å². The zero-order chi connectivity index (χ0) is 13.6. The van der Waals surface area contributed by atoms with Crippen molar-refractivity contribution in [3.05, 3.63) is 18.2 Å². The second-order valence-corrected chi connectivity index (χ2v) is 5.17. The molecule has 2 N–H and O–H groups in total. The van der Waals surface area contributed by atoms with E-state index in [1.54, 1.807) is 6.20 Å². The first-order chi connectivity index (χ1) is 8.44. The standard InChI is InChI=1S/C13H24N4O/c1-5-13(2,3)16-12(18)10-14-7-6-11-15-8-9-17(11)4/h8-9,14H,5-7,10H2,1-4H3,(H,16,18). The number of amides is 1. The van der Waals surface area contributed by atoms with Crippen LogP contribution in [0, 0.1) is 0 Å². The van der Waals surface area contributed by atoms with Crippen LogP contribution in [0.1, 0.15) is 33.0 Å². The Morgan fingerprint density at radius 1 is 1.50 bits per heavy atom. The highest BCUT2D eigenvalue weighted by Gasteiger charge is 2.16. The van der Waals surface area contributed by atoms with E-state index in [4.69, 9.17) is 0 Å². The number of nitrogens with zero attached hydrogens (tertiary/aromatic N) is 2. The Morgan fingerprint density at radius 2 is 2.22 bits per heavy atom. The second-order valence-electron chi connectivity index (χ2n) is 5.17. The van der Waals surface area contributed by atoms with Gasteiger partial charge in [0, 0.05) is 37.9 Å². The Hall–Kier alpha value is -1.36. The van der Waals surface area contributed by atoms with Crippen molar-refractivity contribution in [2.75, 3.05) is 13.1 Å². The van der Waals surface area contributed by atoms with Gasteiger partial charge < -0.3 is 15.2 Å². The monoisotopic (exact) mass is 252 g/mol. The molecule has 0 aliphatic rings. The topological polar surface area (TPSA) is 59.0 Å². The molecule has 0 fully saturated rings. The summed E-state index contributed by atoms with van der Waals surface area (Å²) in [7, 11) is 1.97. The van der Waals surface area contributed by atoms with Gasteiger partial charge >= 0.3 is 0 Å². The third-order valence-electron chi connectivity index (χ3n) is 3.09. The molecule has 18 heavy (non-hydrogen) atoms. The molecular weight excluding hydrogens is 228 g/mol. The lowest BCUT2D eigenvalue weighted by Crippen LogP contribution is -2.46. The highest BCUT2D eigenvalue weighted by Crippen LogP contribution is 2.05. The van der Waals surface area contributed by atoms with Crippen molar-refractivity contribution in [2.24, 2.45) is 7.05 Å². The average Bonchev–Trinajstić information content (AvgIpc) is 2.70. The molecule has 0 aliphatic heterocycles. The Morgan fingerprint density at radius 3 is 2.78 bits per heavy atom. The molecule has 0 saturated heterocycles. The number of rotatable bonds is 7. The van der Waals surface area contributed by atoms with Crippen LogP contribution in [-0.2, 0) is 18.3 Å². The van der Waals surface area contributed by atoms with E-state index in [1.165, 1.54) is 0 Å². The normalized spacial score (nSPS) is 11.6. The van der Waals surface area contributed by atoms with Crippen molar-refractivity contribution in [1.29, 1.82) is 0 Å². The van der Waals surface area contributed by atoms with Crippen molar-refractivity contribution in [1.82, 2.24) is 20.2 Å². The predicted octanol–water partition coefficient (Wildman–Crippen LogP) is 0.857. The summed E-state index contributed by atoms with van der Waals surface area (Å²) < 4.78 is 1.99. The molecule has 0 aliphatic carbocycles. The number of aryl methyl sites for hydroxylation is 1. The molecule has 5 nitrogen and oxygen atoms in total. The van der Waals surface area contributed by atoms with E-state index in [9.17, 15) is 4.79 Å². The molecule has 0 atom stereocenters. The van der Waals surface area contributed by atoms with Gasteiger partial charge in [0.15, 0.2) is 0 Å². The number of carbonyl (C=O) groups excluding carboxylic acids is 1. The first kappa shape index (κ1) is 14.7. The zero-order valence-electron chi connectivity index (χ0n) is 11.8. The fourth-order valence-electron chi connectivity index (χ4n) is 1.55. The van der Waals surface area contributed by atoms with Gasteiger partial charge in [0.2, 0.25) is 5.91 Å². The van der Waals surface area contributed by atoms with Crippen LogP contribution in [-0.4, -0.2) is 34.1 Å². The third-order valence-corrected chi connectivity index (χ3v) is 3.09. The molecule has 0 saturated carbocycles. The summed E-state index contributed by atoms with van der Waals surface area (Å²) in [5.41, 5.74) is -0.127. The van der Waals surface area contributed by atoms with E-state index in [0.717, 1.165) is 25.2 Å². The average molecular weight is 252 g/mol. The number of aromatic nitrogens is 2. The van der Waals surface area contributed by atoms with Gasteiger partial charge in [-0.05, 0) is 20.3 Å². The lowest BCUT2D eigenvalue weighted by Gasteiger charge is -2.24. The van der Waals surface area contributed by atoms with Crippen LogP contribution in [0.2, 0.25) is 0 Å². The van der Waals surface area contributed by atoms with Gasteiger partial charge in [-0.15, -0.1) is 0 Å². The third kappa shape index (κ3) is 4.87. The summed E-state index contributed by atoms with van der Waals surface area (Å²) in [6, 6.07) is 0. The van der Waals surface area contributed by atoms with Crippen LogP contribution in [0.5, 0.6) is 0 Å². The maximum absolute atomic E-state index is 11.7. The summed E-state index contributed by atoms with van der Waals surface area (Å²) in [4.78, 5) is 15.9. The molecule has 1 heterocycles. The minimum Gasteiger partial charge on any atom is -0.350 e. The molecule has 1 aromatic heterocycles. The van der Waals surface area contributed by atoms with Gasteiger partial charge in [-0.25, -0.2) is 4.98 Å². The molecule has 0 bridgehead atoms. The summed E-state index contributed by atoms with van der Waals surface area (Å²) in [6.07, 6.45) is 5.46. The molecule has 0 aromatic carbocycles. The maximum atomic E-state index is 11.7. The van der Waals surface area contributed by atoms with Crippen molar-refractivity contribution >= 4 is 5.91 Å². The summed E-state index contributed by atoms with van der Waals surface area (Å²) in [6.45, 7) is 7.23. The molecule has 1 rings (SSSR count). The minimum atomic E-state index is -0.127. The first-order valence-electron chi connectivity index (χ1n) is 6.42. The molecule has 0 unspecified atom stereocenters. The van der Waals surface area contributed by atoms with Crippen molar-refractivity contribution in [3.8, 4) is 0 Å². The van der Waals surface area contributed by atoms with Crippen LogP contribution in [0.25, 0.3) is 0 Å². The van der Waals surface area contributed by atoms with Gasteiger partial charge in [-0.3, -0.25) is 4.79 Å². The highest BCUT2D eigenvalue weighted by molar-refractivity contribution is 5.78. The largest absolute Gasteiger partial charge is 0.350 e. The van der Waals surface area contributed by atoms with Crippen molar-refractivity contribution < 1.29 is 4.79 Å². The fourth-order valence-corrected chi connectivity index (χ4v) is 1.55. The molecule has 0 spiro atoms. The summed E-state index contributed by atoms with van der Waals surface area (Å²) in [5, 5.41) is 6.12.